The summed E-state index contributed by atoms with van der Waals surface area (Å²) in [5.41, 5.74) is 3.29. The maximum absolute atomic E-state index is 12.1. The zero-order chi connectivity index (χ0) is 22.1. The van der Waals surface area contributed by atoms with Crippen LogP contribution in [0.1, 0.15) is 24.0 Å². The smallest absolute Gasteiger partial charge is 0.376 e. The monoisotopic (exact) mass is 464 g/mol. The first-order valence-corrected chi connectivity index (χ1v) is 11.5. The Morgan fingerprint density at radius 3 is 1.55 bits per heavy atom. The molecule has 164 valence electrons. The van der Waals surface area contributed by atoms with Gasteiger partial charge in [-0.25, -0.2) is 0 Å². The Balaban J connectivity index is 1.36. The van der Waals surface area contributed by atoms with Gasteiger partial charge in [0.15, 0.2) is 0 Å². The van der Waals surface area contributed by atoms with E-state index in [0.717, 1.165) is 22.5 Å². The van der Waals surface area contributed by atoms with Crippen LogP contribution in [0.15, 0.2) is 36.4 Å². The molecule has 4 rings (SSSR count). The lowest BCUT2D eigenvalue weighted by atomic mass is 10.0. The quantitative estimate of drug-likeness (QED) is 0.645. The summed E-state index contributed by atoms with van der Waals surface area (Å²) < 4.78 is 39.4. The fourth-order valence-corrected chi connectivity index (χ4v) is 4.71. The van der Waals surface area contributed by atoms with E-state index in [-0.39, 0.29) is 23.3 Å². The van der Waals surface area contributed by atoms with Gasteiger partial charge < -0.3 is 18.2 Å². The molecule has 0 spiro atoms. The van der Waals surface area contributed by atoms with Crippen LogP contribution < -0.4 is 18.2 Å². The Kier molecular flexibility index (Phi) is 6.08. The van der Waals surface area contributed by atoms with E-state index in [0.29, 0.717) is 25.7 Å². The summed E-state index contributed by atoms with van der Waals surface area (Å²) in [7, 11) is 3.39. The molecule has 0 aliphatic carbocycles. The van der Waals surface area contributed by atoms with Crippen LogP contribution in [0.2, 0.25) is 0 Å². The lowest BCUT2D eigenvalue weighted by molar-refractivity contribution is -0.119. The molecule has 0 atom stereocenters. The number of amides is 2. The molecule has 0 N–H and O–H groups in total. The van der Waals surface area contributed by atoms with Gasteiger partial charge in [-0.2, -0.15) is 8.42 Å². The first kappa shape index (κ1) is 21.5. The lowest BCUT2D eigenvalue weighted by Crippen LogP contribution is -2.31. The van der Waals surface area contributed by atoms with Crippen LogP contribution >= 0.6 is 0 Å². The van der Waals surface area contributed by atoms with Gasteiger partial charge in [-0.15, -0.1) is 3.63 Å². The molecule has 2 heterocycles. The van der Waals surface area contributed by atoms with Crippen LogP contribution in [0.25, 0.3) is 0 Å². The Morgan fingerprint density at radius 1 is 0.710 bits per heavy atom. The van der Waals surface area contributed by atoms with Gasteiger partial charge in [0.25, 0.3) is 0 Å². The van der Waals surface area contributed by atoms with E-state index < -0.39 is 22.7 Å². The molecule has 0 radical (unpaired) electrons. The van der Waals surface area contributed by atoms with Gasteiger partial charge in [-0.05, 0) is 60.4 Å². The highest BCUT2D eigenvalue weighted by molar-refractivity contribution is 7.89. The molecule has 0 unspecified atom stereocenters. The van der Waals surface area contributed by atoms with Crippen LogP contribution in [0, 0.1) is 0 Å². The summed E-state index contributed by atoms with van der Waals surface area (Å²) in [6.45, 7) is 0. The van der Waals surface area contributed by atoms with E-state index in [1.54, 1.807) is 60.3 Å². The van der Waals surface area contributed by atoms with E-state index in [9.17, 15) is 18.0 Å². The minimum Gasteiger partial charge on any atom is -0.379 e. The topological polar surface area (TPSA) is 102 Å². The zero-order valence-corrected chi connectivity index (χ0v) is 18.5. The number of hydrogen-bond donors (Lipinski definition) is 0. The van der Waals surface area contributed by atoms with Crippen molar-refractivity contribution in [3.63, 3.8) is 0 Å². The summed E-state index contributed by atoms with van der Waals surface area (Å²) in [5, 5.41) is 0. The van der Waals surface area contributed by atoms with Crippen molar-refractivity contribution in [1.82, 2.24) is 0 Å². The highest BCUT2D eigenvalue weighted by atomic mass is 32.3. The Bertz CT molecular complexity index is 1020. The minimum absolute atomic E-state index is 0.0287. The Morgan fingerprint density at radius 2 is 1.13 bits per heavy atom. The van der Waals surface area contributed by atoms with Crippen molar-refractivity contribution in [3.05, 3.63) is 47.5 Å². The van der Waals surface area contributed by atoms with E-state index in [1.165, 1.54) is 0 Å². The number of benzene rings is 2. The van der Waals surface area contributed by atoms with Crippen LogP contribution in [0.3, 0.4) is 0 Å². The number of anilines is 2. The van der Waals surface area contributed by atoms with Crippen LogP contribution in [0.4, 0.5) is 11.4 Å². The molecular formula is C20H20N2O7S2. The molecule has 0 saturated heterocycles. The SMILES string of the molecule is CN1C(=O)CCc2cc(OS(=O)OS(=O)Oc3ccc4c(c3)CCC(=O)N4C)ccc21. The molecule has 2 amide bonds. The third-order valence-electron chi connectivity index (χ3n) is 5.23. The van der Waals surface area contributed by atoms with Crippen molar-refractivity contribution >= 4 is 45.9 Å². The maximum atomic E-state index is 12.1. The van der Waals surface area contributed by atoms with Crippen molar-refractivity contribution in [3.8, 4) is 11.5 Å². The van der Waals surface area contributed by atoms with Crippen molar-refractivity contribution in [2.24, 2.45) is 0 Å². The number of rotatable bonds is 6. The molecule has 2 aliphatic rings. The van der Waals surface area contributed by atoms with Gasteiger partial charge in [0, 0.05) is 38.3 Å². The zero-order valence-electron chi connectivity index (χ0n) is 16.9. The number of carbonyl (C=O) groups excluding carboxylic acids is 2. The van der Waals surface area contributed by atoms with E-state index in [2.05, 4.69) is 0 Å². The molecule has 9 nitrogen and oxygen atoms in total. The molecule has 0 aromatic heterocycles. The normalized spacial score (nSPS) is 17.6. The minimum atomic E-state index is -2.36. The Hall–Kier alpha value is -2.76. The summed E-state index contributed by atoms with van der Waals surface area (Å²) in [6, 6.07) is 9.85. The first-order valence-electron chi connectivity index (χ1n) is 9.50. The standard InChI is InChI=1S/C20H20N2O7S2/c1-21-17-7-5-15(11-13(17)3-9-19(21)23)27-30(25)29-31(26)28-16-6-8-18-14(12-16)4-10-20(24)22(18)2/h5-8,11-12H,3-4,9-10H2,1-2H3. The molecule has 2 aliphatic heterocycles. The van der Waals surface area contributed by atoms with E-state index >= 15 is 0 Å². The second kappa shape index (κ2) is 8.77. The van der Waals surface area contributed by atoms with Crippen LogP contribution in [0.5, 0.6) is 11.5 Å². The second-order valence-corrected chi connectivity index (χ2v) is 8.82. The molecule has 0 bridgehead atoms. The number of carbonyl (C=O) groups is 2. The predicted molar refractivity (Wildman–Crippen MR) is 115 cm³/mol. The molecule has 11 heteroatoms. The summed E-state index contributed by atoms with van der Waals surface area (Å²) in [4.78, 5) is 26.6. The molecule has 2 aromatic rings. The van der Waals surface area contributed by atoms with Crippen LogP contribution in [-0.4, -0.2) is 34.3 Å². The largest absolute Gasteiger partial charge is 0.379 e. The maximum Gasteiger partial charge on any atom is 0.376 e. The van der Waals surface area contributed by atoms with E-state index in [4.69, 9.17) is 12.0 Å². The predicted octanol–water partition coefficient (Wildman–Crippen LogP) is 2.14. The third-order valence-corrected chi connectivity index (χ3v) is 6.77. The van der Waals surface area contributed by atoms with Gasteiger partial charge in [0.2, 0.25) is 11.8 Å². The Labute approximate surface area is 184 Å². The number of nitrogens with zero attached hydrogens (tertiary/aromatic N) is 2. The molecular weight excluding hydrogens is 444 g/mol. The van der Waals surface area contributed by atoms with Crippen molar-refractivity contribution in [2.75, 3.05) is 23.9 Å². The molecule has 31 heavy (non-hydrogen) atoms. The third kappa shape index (κ3) is 4.63. The van der Waals surface area contributed by atoms with Crippen molar-refractivity contribution < 1.29 is 30.0 Å². The fraction of sp³-hybridized carbons (Fsp3) is 0.300. The summed E-state index contributed by atoms with van der Waals surface area (Å²) >= 11 is -4.72. The summed E-state index contributed by atoms with van der Waals surface area (Å²) in [6.07, 6.45) is 1.87. The average molecular weight is 465 g/mol. The van der Waals surface area contributed by atoms with Crippen molar-refractivity contribution in [2.45, 2.75) is 25.7 Å². The number of hydrogen-bond acceptors (Lipinski definition) is 7. The number of aryl methyl sites for hydroxylation is 2. The summed E-state index contributed by atoms with van der Waals surface area (Å²) in [5.74, 6) is 0.582. The van der Waals surface area contributed by atoms with Gasteiger partial charge in [-0.3, -0.25) is 9.59 Å². The van der Waals surface area contributed by atoms with Crippen molar-refractivity contribution in [1.29, 1.82) is 0 Å². The van der Waals surface area contributed by atoms with E-state index in [1.807, 2.05) is 0 Å². The first-order chi connectivity index (χ1) is 14.8. The molecule has 2 aromatic carbocycles. The molecule has 0 saturated carbocycles. The fourth-order valence-electron chi connectivity index (χ4n) is 3.60. The van der Waals surface area contributed by atoms with Crippen LogP contribution in [-0.2, 0) is 48.8 Å². The highest BCUT2D eigenvalue weighted by Gasteiger charge is 2.23. The average Bonchev–Trinajstić information content (AvgIpc) is 2.73. The van der Waals surface area contributed by atoms with Gasteiger partial charge in [-0.1, -0.05) is 0 Å². The lowest BCUT2D eigenvalue weighted by Gasteiger charge is -2.25. The highest BCUT2D eigenvalue weighted by Crippen LogP contribution is 2.32. The van der Waals surface area contributed by atoms with Gasteiger partial charge in [0.1, 0.15) is 11.5 Å². The second-order valence-electron chi connectivity index (χ2n) is 7.13. The molecule has 0 fully saturated rings. The van der Waals surface area contributed by atoms with Gasteiger partial charge in [0.05, 0.1) is 0 Å². The number of fused-ring (bicyclic) bond motifs is 2. The van der Waals surface area contributed by atoms with Gasteiger partial charge >= 0.3 is 22.7 Å².